The van der Waals surface area contributed by atoms with E-state index in [1.807, 2.05) is 6.07 Å². The van der Waals surface area contributed by atoms with Crippen LogP contribution in [0, 0.1) is 11.3 Å². The van der Waals surface area contributed by atoms with Crippen LogP contribution in [0.1, 0.15) is 18.5 Å². The maximum absolute atomic E-state index is 11.5. The molecule has 1 aliphatic heterocycles. The van der Waals surface area contributed by atoms with Gasteiger partial charge in [-0.1, -0.05) is 6.07 Å². The number of nitriles is 1. The fourth-order valence-electron chi connectivity index (χ4n) is 1.52. The molecule has 1 heterocycles. The number of benzene rings is 1. The van der Waals surface area contributed by atoms with Crippen LogP contribution in [0.2, 0.25) is 0 Å². The first kappa shape index (κ1) is 12.7. The summed E-state index contributed by atoms with van der Waals surface area (Å²) in [5.41, 5.74) is 0.527. The Balaban J connectivity index is 2.26. The monoisotopic (exact) mass is 268 g/mol. The lowest BCUT2D eigenvalue weighted by atomic mass is 10.1. The highest BCUT2D eigenvalue weighted by atomic mass is 32.2. The van der Waals surface area contributed by atoms with Crippen LogP contribution >= 0.6 is 0 Å². The van der Waals surface area contributed by atoms with Crippen LogP contribution < -0.4 is 14.2 Å². The number of fused-ring (bicyclic) bond motifs is 1. The molecule has 0 aliphatic carbocycles. The van der Waals surface area contributed by atoms with Crippen LogP contribution in [0.5, 0.6) is 11.5 Å². The van der Waals surface area contributed by atoms with Crippen molar-refractivity contribution in [3.8, 4) is 17.6 Å². The van der Waals surface area contributed by atoms with Crippen molar-refractivity contribution in [3.63, 3.8) is 0 Å². The van der Waals surface area contributed by atoms with E-state index in [0.717, 1.165) is 0 Å². The van der Waals surface area contributed by atoms with Gasteiger partial charge in [-0.15, -0.1) is 0 Å². The molecule has 1 aliphatic rings. The van der Waals surface area contributed by atoms with Crippen LogP contribution in [-0.2, 0) is 10.0 Å². The smallest absolute Gasteiger partial charge is 0.231 e. The van der Waals surface area contributed by atoms with Crippen molar-refractivity contribution in [1.29, 1.82) is 5.26 Å². The summed E-state index contributed by atoms with van der Waals surface area (Å²) in [5, 5.41) is 9.04. The highest BCUT2D eigenvalue weighted by Crippen LogP contribution is 2.34. The standard InChI is InChI=1S/C11H12N2O4S/c1-2-18(14,15)13-9(6-12)8-3-4-10-11(5-8)17-7-16-10/h3-5,9,13H,2,7H2,1H3. The molecule has 2 rings (SSSR count). The third-order valence-electron chi connectivity index (χ3n) is 2.54. The first-order valence-corrected chi connectivity index (χ1v) is 7.00. The van der Waals surface area contributed by atoms with E-state index in [-0.39, 0.29) is 12.5 Å². The van der Waals surface area contributed by atoms with E-state index in [9.17, 15) is 8.42 Å². The molecule has 1 aromatic rings. The predicted molar refractivity (Wildman–Crippen MR) is 63.5 cm³/mol. The minimum atomic E-state index is -3.44. The van der Waals surface area contributed by atoms with E-state index in [4.69, 9.17) is 14.7 Å². The van der Waals surface area contributed by atoms with Gasteiger partial charge in [0.2, 0.25) is 16.8 Å². The van der Waals surface area contributed by atoms with Crippen molar-refractivity contribution in [2.24, 2.45) is 0 Å². The Bertz CT molecular complexity index is 592. The minimum absolute atomic E-state index is 0.0737. The van der Waals surface area contributed by atoms with Crippen molar-refractivity contribution < 1.29 is 17.9 Å². The number of hydrogen-bond acceptors (Lipinski definition) is 5. The molecule has 0 saturated heterocycles. The van der Waals surface area contributed by atoms with Gasteiger partial charge in [-0.3, -0.25) is 0 Å². The van der Waals surface area contributed by atoms with E-state index >= 15 is 0 Å². The minimum Gasteiger partial charge on any atom is -0.454 e. The molecule has 0 saturated carbocycles. The van der Waals surface area contributed by atoms with Crippen molar-refractivity contribution in [2.75, 3.05) is 12.5 Å². The van der Waals surface area contributed by atoms with Crippen LogP contribution in [-0.4, -0.2) is 21.0 Å². The lowest BCUT2D eigenvalue weighted by Gasteiger charge is -2.11. The topological polar surface area (TPSA) is 88.4 Å². The summed E-state index contributed by atoms with van der Waals surface area (Å²) in [6, 6.07) is 5.89. The summed E-state index contributed by atoms with van der Waals surface area (Å²) < 4.78 is 35.6. The third-order valence-corrected chi connectivity index (χ3v) is 3.89. The molecule has 18 heavy (non-hydrogen) atoms. The molecule has 0 radical (unpaired) electrons. The molecule has 6 nitrogen and oxygen atoms in total. The van der Waals surface area contributed by atoms with Gasteiger partial charge in [0.25, 0.3) is 0 Å². The molecule has 1 aromatic carbocycles. The second-order valence-electron chi connectivity index (χ2n) is 3.70. The molecule has 1 atom stereocenters. The second kappa shape index (κ2) is 4.84. The van der Waals surface area contributed by atoms with Gasteiger partial charge in [0.15, 0.2) is 11.5 Å². The van der Waals surface area contributed by atoms with E-state index in [0.29, 0.717) is 17.1 Å². The first-order chi connectivity index (χ1) is 8.55. The van der Waals surface area contributed by atoms with Crippen LogP contribution in [0.3, 0.4) is 0 Å². The van der Waals surface area contributed by atoms with Gasteiger partial charge in [0.05, 0.1) is 11.8 Å². The summed E-state index contributed by atoms with van der Waals surface area (Å²) in [7, 11) is -3.44. The molecule has 0 aromatic heterocycles. The Morgan fingerprint density at radius 2 is 2.17 bits per heavy atom. The zero-order valence-corrected chi connectivity index (χ0v) is 10.5. The Morgan fingerprint density at radius 1 is 1.44 bits per heavy atom. The van der Waals surface area contributed by atoms with Crippen LogP contribution in [0.15, 0.2) is 18.2 Å². The van der Waals surface area contributed by atoms with Gasteiger partial charge < -0.3 is 9.47 Å². The number of rotatable bonds is 4. The maximum Gasteiger partial charge on any atom is 0.231 e. The van der Waals surface area contributed by atoms with Gasteiger partial charge in [0.1, 0.15) is 6.04 Å². The van der Waals surface area contributed by atoms with Gasteiger partial charge in [-0.2, -0.15) is 9.98 Å². The summed E-state index contributed by atoms with van der Waals surface area (Å²) in [5.74, 6) is 1.03. The van der Waals surface area contributed by atoms with Crippen molar-refractivity contribution >= 4 is 10.0 Å². The third kappa shape index (κ3) is 2.55. The summed E-state index contributed by atoms with van der Waals surface area (Å²) in [4.78, 5) is 0. The van der Waals surface area contributed by atoms with Gasteiger partial charge >= 0.3 is 0 Å². The molecule has 0 fully saturated rings. The van der Waals surface area contributed by atoms with Gasteiger partial charge in [-0.05, 0) is 24.6 Å². The van der Waals surface area contributed by atoms with Gasteiger partial charge in [-0.25, -0.2) is 8.42 Å². The summed E-state index contributed by atoms with van der Waals surface area (Å²) in [6.07, 6.45) is 0. The lowest BCUT2D eigenvalue weighted by Crippen LogP contribution is -2.29. The van der Waals surface area contributed by atoms with Crippen molar-refractivity contribution in [1.82, 2.24) is 4.72 Å². The van der Waals surface area contributed by atoms with E-state index < -0.39 is 16.1 Å². The van der Waals surface area contributed by atoms with E-state index in [1.165, 1.54) is 6.92 Å². The number of ether oxygens (including phenoxy) is 2. The molecule has 96 valence electrons. The Morgan fingerprint density at radius 3 is 2.83 bits per heavy atom. The van der Waals surface area contributed by atoms with Crippen molar-refractivity contribution in [3.05, 3.63) is 23.8 Å². The Kier molecular flexibility index (Phi) is 3.41. The average molecular weight is 268 g/mol. The fraction of sp³-hybridized carbons (Fsp3) is 0.364. The lowest BCUT2D eigenvalue weighted by molar-refractivity contribution is 0.174. The normalized spacial score (nSPS) is 15.1. The zero-order chi connectivity index (χ0) is 13.2. The fourth-order valence-corrected chi connectivity index (χ4v) is 2.24. The largest absolute Gasteiger partial charge is 0.454 e. The summed E-state index contributed by atoms with van der Waals surface area (Å²) in [6.45, 7) is 1.65. The molecular formula is C11H12N2O4S. The van der Waals surface area contributed by atoms with Gasteiger partial charge in [0, 0.05) is 0 Å². The SMILES string of the molecule is CCS(=O)(=O)NC(C#N)c1ccc2c(c1)OCO2. The first-order valence-electron chi connectivity index (χ1n) is 5.35. The molecule has 0 spiro atoms. The maximum atomic E-state index is 11.5. The second-order valence-corrected chi connectivity index (χ2v) is 5.74. The molecule has 0 bridgehead atoms. The molecule has 7 heteroatoms. The average Bonchev–Trinajstić information content (AvgIpc) is 2.83. The number of hydrogen-bond donors (Lipinski definition) is 1. The highest BCUT2D eigenvalue weighted by molar-refractivity contribution is 7.89. The zero-order valence-electron chi connectivity index (χ0n) is 9.71. The molecule has 1 unspecified atom stereocenters. The van der Waals surface area contributed by atoms with E-state index in [2.05, 4.69) is 4.72 Å². The number of nitrogens with zero attached hydrogens (tertiary/aromatic N) is 1. The quantitative estimate of drug-likeness (QED) is 0.877. The highest BCUT2D eigenvalue weighted by Gasteiger charge is 2.21. The molecule has 0 amide bonds. The predicted octanol–water partition coefficient (Wildman–Crippen LogP) is 0.919. The van der Waals surface area contributed by atoms with Crippen molar-refractivity contribution in [2.45, 2.75) is 13.0 Å². The summed E-state index contributed by atoms with van der Waals surface area (Å²) >= 11 is 0. The Hall–Kier alpha value is -1.78. The number of nitrogens with one attached hydrogen (secondary N) is 1. The molecule has 1 N–H and O–H groups in total. The Labute approximate surface area is 105 Å². The van der Waals surface area contributed by atoms with Crippen LogP contribution in [0.4, 0.5) is 0 Å². The number of sulfonamides is 1. The van der Waals surface area contributed by atoms with E-state index in [1.54, 1.807) is 18.2 Å². The van der Waals surface area contributed by atoms with Crippen LogP contribution in [0.25, 0.3) is 0 Å². The molecular weight excluding hydrogens is 256 g/mol.